The second-order valence-corrected chi connectivity index (χ2v) is 4.61. The molecule has 0 aliphatic rings. The van der Waals surface area contributed by atoms with Gasteiger partial charge < -0.3 is 10.1 Å². The zero-order valence-corrected chi connectivity index (χ0v) is 10.3. The van der Waals surface area contributed by atoms with Gasteiger partial charge >= 0.3 is 5.97 Å². The quantitative estimate of drug-likeness (QED) is 0.797. The average molecular weight is 221 g/mol. The second-order valence-electron chi connectivity index (χ2n) is 4.61. The van der Waals surface area contributed by atoms with Crippen molar-refractivity contribution in [1.29, 1.82) is 0 Å². The zero-order valence-electron chi connectivity index (χ0n) is 10.3. The number of nitrogens with one attached hydrogen (secondary N) is 1. The van der Waals surface area contributed by atoms with Crippen LogP contribution in [0.4, 0.5) is 5.69 Å². The maximum absolute atomic E-state index is 11.8. The van der Waals surface area contributed by atoms with Crippen molar-refractivity contribution >= 4 is 11.7 Å². The van der Waals surface area contributed by atoms with Crippen LogP contribution in [-0.4, -0.2) is 18.1 Å². The Morgan fingerprint density at radius 2 is 2.06 bits per heavy atom. The number of esters is 1. The lowest BCUT2D eigenvalue weighted by molar-refractivity contribution is 0.00696. The van der Waals surface area contributed by atoms with Crippen LogP contribution in [0, 0.1) is 0 Å². The monoisotopic (exact) mass is 221 g/mol. The summed E-state index contributed by atoms with van der Waals surface area (Å²) in [6.07, 6.45) is 0. The summed E-state index contributed by atoms with van der Waals surface area (Å²) in [5.74, 6) is -0.285. The van der Waals surface area contributed by atoms with E-state index >= 15 is 0 Å². The Morgan fingerprint density at radius 3 is 2.62 bits per heavy atom. The molecule has 0 atom stereocenters. The number of anilines is 1. The minimum atomic E-state index is -0.453. The van der Waals surface area contributed by atoms with Crippen molar-refractivity contribution in [3.8, 4) is 0 Å². The minimum absolute atomic E-state index is 0.285. The summed E-state index contributed by atoms with van der Waals surface area (Å²) in [6.45, 7) is 8.43. The molecule has 0 spiro atoms. The number of rotatable bonds is 3. The molecule has 1 rings (SSSR count). The summed E-state index contributed by atoms with van der Waals surface area (Å²) in [5.41, 5.74) is 1.06. The summed E-state index contributed by atoms with van der Waals surface area (Å²) >= 11 is 0. The van der Waals surface area contributed by atoms with Gasteiger partial charge in [-0.15, -0.1) is 0 Å². The fraction of sp³-hybridized carbons (Fsp3) is 0.462. The molecule has 3 nitrogen and oxygen atoms in total. The Kier molecular flexibility index (Phi) is 3.93. The number of hydrogen-bond donors (Lipinski definition) is 1. The van der Waals surface area contributed by atoms with E-state index in [0.29, 0.717) is 5.56 Å². The van der Waals surface area contributed by atoms with Gasteiger partial charge in [-0.3, -0.25) is 0 Å². The van der Waals surface area contributed by atoms with Gasteiger partial charge in [0, 0.05) is 12.2 Å². The van der Waals surface area contributed by atoms with E-state index in [2.05, 4.69) is 5.32 Å². The molecule has 0 amide bonds. The van der Waals surface area contributed by atoms with E-state index in [9.17, 15) is 4.79 Å². The predicted molar refractivity (Wildman–Crippen MR) is 65.8 cm³/mol. The Balaban J connectivity index is 2.79. The second kappa shape index (κ2) is 5.01. The van der Waals surface area contributed by atoms with E-state index in [1.54, 1.807) is 12.1 Å². The van der Waals surface area contributed by atoms with Crippen molar-refractivity contribution in [2.75, 3.05) is 11.9 Å². The third-order valence-electron chi connectivity index (χ3n) is 1.88. The van der Waals surface area contributed by atoms with Crippen molar-refractivity contribution < 1.29 is 9.53 Å². The molecule has 1 aromatic carbocycles. The van der Waals surface area contributed by atoms with Crippen LogP contribution in [0.25, 0.3) is 0 Å². The van der Waals surface area contributed by atoms with Gasteiger partial charge in [0.1, 0.15) is 5.60 Å². The topological polar surface area (TPSA) is 38.3 Å². The van der Waals surface area contributed by atoms with Crippen molar-refractivity contribution in [3.63, 3.8) is 0 Å². The van der Waals surface area contributed by atoms with Crippen molar-refractivity contribution in [1.82, 2.24) is 0 Å². The summed E-state index contributed by atoms with van der Waals surface area (Å²) in [6, 6.07) is 7.33. The molecule has 0 radical (unpaired) electrons. The van der Waals surface area contributed by atoms with Crippen LogP contribution in [-0.2, 0) is 4.74 Å². The highest BCUT2D eigenvalue weighted by molar-refractivity contribution is 5.90. The first-order valence-electron chi connectivity index (χ1n) is 5.49. The largest absolute Gasteiger partial charge is 0.456 e. The number of hydrogen-bond acceptors (Lipinski definition) is 3. The molecule has 0 aliphatic heterocycles. The lowest BCUT2D eigenvalue weighted by Gasteiger charge is -2.19. The molecule has 0 heterocycles. The summed E-state index contributed by atoms with van der Waals surface area (Å²) < 4.78 is 5.29. The molecular formula is C13H19NO2. The standard InChI is InChI=1S/C13H19NO2/c1-5-14-11-8-6-7-10(9-11)12(15)16-13(2,3)4/h6-9,14H,5H2,1-4H3. The van der Waals surface area contributed by atoms with Crippen molar-refractivity contribution in [3.05, 3.63) is 29.8 Å². The maximum atomic E-state index is 11.8. The third kappa shape index (κ3) is 3.93. The fourth-order valence-electron chi connectivity index (χ4n) is 1.30. The summed E-state index contributed by atoms with van der Waals surface area (Å²) in [4.78, 5) is 11.8. The normalized spacial score (nSPS) is 11.0. The summed E-state index contributed by atoms with van der Waals surface area (Å²) in [5, 5.41) is 3.16. The van der Waals surface area contributed by atoms with Crippen LogP contribution in [0.15, 0.2) is 24.3 Å². The molecule has 16 heavy (non-hydrogen) atoms. The van der Waals surface area contributed by atoms with Gasteiger partial charge in [0.15, 0.2) is 0 Å². The zero-order chi connectivity index (χ0) is 12.2. The first kappa shape index (κ1) is 12.6. The van der Waals surface area contributed by atoms with Crippen LogP contribution in [0.5, 0.6) is 0 Å². The molecule has 0 saturated heterocycles. The molecule has 1 N–H and O–H groups in total. The molecule has 0 saturated carbocycles. The molecule has 0 bridgehead atoms. The molecule has 0 aliphatic carbocycles. The van der Waals surface area contributed by atoms with E-state index in [1.165, 1.54) is 0 Å². The smallest absolute Gasteiger partial charge is 0.338 e. The van der Waals surface area contributed by atoms with E-state index in [-0.39, 0.29) is 5.97 Å². The van der Waals surface area contributed by atoms with E-state index in [1.807, 2.05) is 39.8 Å². The van der Waals surface area contributed by atoms with Crippen molar-refractivity contribution in [2.45, 2.75) is 33.3 Å². The molecule has 88 valence electrons. The first-order chi connectivity index (χ1) is 7.42. The predicted octanol–water partition coefficient (Wildman–Crippen LogP) is 3.07. The van der Waals surface area contributed by atoms with E-state index < -0.39 is 5.60 Å². The third-order valence-corrected chi connectivity index (χ3v) is 1.88. The maximum Gasteiger partial charge on any atom is 0.338 e. The summed E-state index contributed by atoms with van der Waals surface area (Å²) in [7, 11) is 0. The fourth-order valence-corrected chi connectivity index (χ4v) is 1.30. The van der Waals surface area contributed by atoms with E-state index in [0.717, 1.165) is 12.2 Å². The van der Waals surface area contributed by atoms with Crippen molar-refractivity contribution in [2.24, 2.45) is 0 Å². The molecule has 0 fully saturated rings. The van der Waals surface area contributed by atoms with Crippen LogP contribution in [0.2, 0.25) is 0 Å². The number of benzene rings is 1. The number of carbonyl (C=O) groups excluding carboxylic acids is 1. The molecular weight excluding hydrogens is 202 g/mol. The molecule has 1 aromatic rings. The van der Waals surface area contributed by atoms with Gasteiger partial charge in [0.25, 0.3) is 0 Å². The Bertz CT molecular complexity index is 366. The molecule has 3 heteroatoms. The van der Waals surface area contributed by atoms with E-state index in [4.69, 9.17) is 4.74 Å². The Morgan fingerprint density at radius 1 is 1.38 bits per heavy atom. The lowest BCUT2D eigenvalue weighted by atomic mass is 10.1. The lowest BCUT2D eigenvalue weighted by Crippen LogP contribution is -2.23. The van der Waals surface area contributed by atoms with Gasteiger partial charge in [-0.05, 0) is 45.9 Å². The minimum Gasteiger partial charge on any atom is -0.456 e. The van der Waals surface area contributed by atoms with Crippen LogP contribution in [0.1, 0.15) is 38.1 Å². The highest BCUT2D eigenvalue weighted by Gasteiger charge is 2.17. The number of ether oxygens (including phenoxy) is 1. The van der Waals surface area contributed by atoms with Gasteiger partial charge in [0.2, 0.25) is 0 Å². The molecule has 0 unspecified atom stereocenters. The highest BCUT2D eigenvalue weighted by atomic mass is 16.6. The number of carbonyl (C=O) groups is 1. The highest BCUT2D eigenvalue weighted by Crippen LogP contribution is 2.15. The van der Waals surface area contributed by atoms with Gasteiger partial charge in [-0.25, -0.2) is 4.79 Å². The Hall–Kier alpha value is -1.51. The van der Waals surface area contributed by atoms with Crippen LogP contribution >= 0.6 is 0 Å². The van der Waals surface area contributed by atoms with Gasteiger partial charge in [0.05, 0.1) is 5.56 Å². The SMILES string of the molecule is CCNc1cccc(C(=O)OC(C)(C)C)c1. The molecule has 0 aromatic heterocycles. The van der Waals surface area contributed by atoms with Gasteiger partial charge in [-0.1, -0.05) is 6.07 Å². The van der Waals surface area contributed by atoms with Gasteiger partial charge in [-0.2, -0.15) is 0 Å². The first-order valence-corrected chi connectivity index (χ1v) is 5.49. The van der Waals surface area contributed by atoms with Crippen LogP contribution < -0.4 is 5.32 Å². The Labute approximate surface area is 96.8 Å². The average Bonchev–Trinajstić information content (AvgIpc) is 2.16. The van der Waals surface area contributed by atoms with Crippen LogP contribution in [0.3, 0.4) is 0 Å².